The monoisotopic (exact) mass is 349 g/mol. The summed E-state index contributed by atoms with van der Waals surface area (Å²) in [6, 6.07) is 6.00. The van der Waals surface area contributed by atoms with Crippen LogP contribution in [0.25, 0.3) is 0 Å². The molecule has 25 heavy (non-hydrogen) atoms. The van der Waals surface area contributed by atoms with Crippen molar-refractivity contribution in [3.63, 3.8) is 0 Å². The van der Waals surface area contributed by atoms with Gasteiger partial charge in [-0.15, -0.1) is 0 Å². The summed E-state index contributed by atoms with van der Waals surface area (Å²) in [5.74, 6) is 0.873. The predicted molar refractivity (Wildman–Crippen MR) is 105 cm³/mol. The number of hydrogen-bond acceptors (Lipinski definition) is 4. The van der Waals surface area contributed by atoms with Crippen molar-refractivity contribution < 1.29 is 4.52 Å². The fraction of sp³-hybridized carbons (Fsp3) is 0.526. The van der Waals surface area contributed by atoms with E-state index in [1.807, 2.05) is 71.1 Å². The van der Waals surface area contributed by atoms with Gasteiger partial charge in [-0.3, -0.25) is 9.36 Å². The van der Waals surface area contributed by atoms with Crippen molar-refractivity contribution in [3.8, 4) is 0 Å². The Balaban J connectivity index is 0. The maximum absolute atomic E-state index is 4.71. The first kappa shape index (κ1) is 24.9. The molecule has 6 nitrogen and oxygen atoms in total. The Bertz CT molecular complexity index is 637. The van der Waals surface area contributed by atoms with Crippen molar-refractivity contribution in [3.05, 3.63) is 52.4 Å². The van der Waals surface area contributed by atoms with E-state index in [2.05, 4.69) is 27.5 Å². The van der Waals surface area contributed by atoms with Crippen molar-refractivity contribution in [1.82, 2.24) is 24.7 Å². The van der Waals surface area contributed by atoms with Gasteiger partial charge in [0.1, 0.15) is 5.76 Å². The lowest BCUT2D eigenvalue weighted by Gasteiger charge is -1.87. The topological polar surface area (TPSA) is 61.7 Å². The van der Waals surface area contributed by atoms with Gasteiger partial charge < -0.3 is 4.52 Å². The van der Waals surface area contributed by atoms with Gasteiger partial charge in [0, 0.05) is 31.5 Å². The van der Waals surface area contributed by atoms with E-state index in [9.17, 15) is 0 Å². The molecule has 3 aromatic heterocycles. The summed E-state index contributed by atoms with van der Waals surface area (Å²) in [7, 11) is 3.89. The maximum Gasteiger partial charge on any atom is 0.133 e. The smallest absolute Gasteiger partial charge is 0.133 e. The first-order valence-electron chi connectivity index (χ1n) is 7.53. The molecule has 0 aliphatic heterocycles. The van der Waals surface area contributed by atoms with Crippen molar-refractivity contribution >= 4 is 0 Å². The van der Waals surface area contributed by atoms with E-state index < -0.39 is 0 Å². The molecule has 0 aliphatic carbocycles. The van der Waals surface area contributed by atoms with Gasteiger partial charge in [-0.1, -0.05) is 20.0 Å². The third-order valence-electron chi connectivity index (χ3n) is 3.22. The summed E-state index contributed by atoms with van der Waals surface area (Å²) < 4.78 is 8.45. The van der Waals surface area contributed by atoms with E-state index >= 15 is 0 Å². The Hall–Kier alpha value is -2.37. The molecule has 0 unspecified atom stereocenters. The maximum atomic E-state index is 4.71. The van der Waals surface area contributed by atoms with Gasteiger partial charge in [0.2, 0.25) is 0 Å². The zero-order valence-corrected chi connectivity index (χ0v) is 15.4. The molecular formula is C19H35N5O. The molecule has 0 N–H and O–H groups in total. The van der Waals surface area contributed by atoms with Crippen LogP contribution in [0.3, 0.4) is 0 Å². The molecule has 142 valence electrons. The van der Waals surface area contributed by atoms with Crippen LogP contribution in [0.2, 0.25) is 0 Å². The van der Waals surface area contributed by atoms with Crippen LogP contribution in [0.15, 0.2) is 22.7 Å². The van der Waals surface area contributed by atoms with E-state index in [0.29, 0.717) is 0 Å². The van der Waals surface area contributed by atoms with E-state index in [1.165, 1.54) is 11.4 Å². The third kappa shape index (κ3) is 8.88. The summed E-state index contributed by atoms with van der Waals surface area (Å²) in [5, 5.41) is 11.9. The third-order valence-corrected chi connectivity index (χ3v) is 3.22. The fourth-order valence-corrected chi connectivity index (χ4v) is 1.97. The Morgan fingerprint density at radius 2 is 1.08 bits per heavy atom. The van der Waals surface area contributed by atoms with Gasteiger partial charge in [0.25, 0.3) is 0 Å². The lowest BCUT2D eigenvalue weighted by molar-refractivity contribution is 0.393. The Kier molecular flexibility index (Phi) is 11.2. The molecule has 0 aliphatic rings. The summed E-state index contributed by atoms with van der Waals surface area (Å²) in [6.07, 6.45) is 0. The predicted octanol–water partition coefficient (Wildman–Crippen LogP) is 4.64. The number of aromatic nitrogens is 5. The molecule has 3 heterocycles. The average molecular weight is 350 g/mol. The molecule has 3 rings (SSSR count). The van der Waals surface area contributed by atoms with Crippen LogP contribution < -0.4 is 0 Å². The highest BCUT2D eigenvalue weighted by Gasteiger charge is 1.92. The largest absolute Gasteiger partial charge is 0.361 e. The number of nitrogens with zero attached hydrogens (tertiary/aromatic N) is 5. The Morgan fingerprint density at radius 1 is 0.680 bits per heavy atom. The second kappa shape index (κ2) is 11.2. The quantitative estimate of drug-likeness (QED) is 0.593. The lowest BCUT2D eigenvalue weighted by Crippen LogP contribution is -1.91. The summed E-state index contributed by atoms with van der Waals surface area (Å²) in [4.78, 5) is 0. The van der Waals surface area contributed by atoms with Crippen LogP contribution in [-0.4, -0.2) is 24.7 Å². The molecule has 0 saturated carbocycles. The van der Waals surface area contributed by atoms with Gasteiger partial charge in [0.05, 0.1) is 17.1 Å². The molecule has 0 fully saturated rings. The van der Waals surface area contributed by atoms with Crippen LogP contribution in [0.4, 0.5) is 0 Å². The summed E-state index contributed by atoms with van der Waals surface area (Å²) in [6.45, 7) is 11.8. The standard InChI is InChI=1S/2C6H10N2.C5H7NO.2CH4/c2*1-5-4-6(2)8(3)7-5;1-4-3-5(2)7-6-4;;/h2*4H,1-3H3;3H,1-2H3;2*1H4. The molecule has 0 spiro atoms. The highest BCUT2D eigenvalue weighted by molar-refractivity contribution is 5.06. The fourth-order valence-electron chi connectivity index (χ4n) is 1.97. The van der Waals surface area contributed by atoms with Crippen LogP contribution in [-0.2, 0) is 14.1 Å². The molecule has 0 aromatic carbocycles. The lowest BCUT2D eigenvalue weighted by atomic mass is 10.4. The minimum atomic E-state index is 0. The van der Waals surface area contributed by atoms with Gasteiger partial charge in [-0.2, -0.15) is 10.2 Å². The van der Waals surface area contributed by atoms with Gasteiger partial charge in [0.15, 0.2) is 0 Å². The van der Waals surface area contributed by atoms with E-state index in [-0.39, 0.29) is 14.9 Å². The van der Waals surface area contributed by atoms with Crippen LogP contribution in [0.1, 0.15) is 49.1 Å². The van der Waals surface area contributed by atoms with Gasteiger partial charge in [-0.05, 0) is 53.7 Å². The number of hydrogen-bond donors (Lipinski definition) is 0. The van der Waals surface area contributed by atoms with Crippen LogP contribution in [0.5, 0.6) is 0 Å². The van der Waals surface area contributed by atoms with Crippen molar-refractivity contribution in [2.75, 3.05) is 0 Å². The van der Waals surface area contributed by atoms with Crippen molar-refractivity contribution in [2.45, 2.75) is 56.4 Å². The molecular weight excluding hydrogens is 314 g/mol. The van der Waals surface area contributed by atoms with Crippen molar-refractivity contribution in [1.29, 1.82) is 0 Å². The Labute approximate surface area is 152 Å². The van der Waals surface area contributed by atoms with Gasteiger partial charge >= 0.3 is 0 Å². The highest BCUT2D eigenvalue weighted by atomic mass is 16.5. The molecule has 0 bridgehead atoms. The van der Waals surface area contributed by atoms with Gasteiger partial charge in [-0.25, -0.2) is 0 Å². The number of aryl methyl sites for hydroxylation is 8. The molecule has 0 saturated heterocycles. The van der Waals surface area contributed by atoms with E-state index in [1.54, 1.807) is 0 Å². The zero-order chi connectivity index (χ0) is 17.6. The second-order valence-corrected chi connectivity index (χ2v) is 5.68. The molecule has 6 heteroatoms. The van der Waals surface area contributed by atoms with E-state index in [0.717, 1.165) is 22.8 Å². The first-order valence-corrected chi connectivity index (χ1v) is 7.53. The highest BCUT2D eigenvalue weighted by Crippen LogP contribution is 1.98. The first-order chi connectivity index (χ1) is 10.7. The Morgan fingerprint density at radius 3 is 1.16 bits per heavy atom. The average Bonchev–Trinajstić information content (AvgIpc) is 3.04. The number of rotatable bonds is 0. The van der Waals surface area contributed by atoms with Crippen LogP contribution >= 0.6 is 0 Å². The second-order valence-electron chi connectivity index (χ2n) is 5.68. The molecule has 3 aromatic rings. The molecule has 0 amide bonds. The van der Waals surface area contributed by atoms with Crippen LogP contribution in [0, 0.1) is 41.5 Å². The molecule has 0 atom stereocenters. The van der Waals surface area contributed by atoms with Crippen molar-refractivity contribution in [2.24, 2.45) is 14.1 Å². The normalized spacial score (nSPS) is 8.96. The summed E-state index contributed by atoms with van der Waals surface area (Å²) in [5.41, 5.74) is 5.54. The van der Waals surface area contributed by atoms with E-state index in [4.69, 9.17) is 4.52 Å². The SMILES string of the molecule is C.C.Cc1cc(C)n(C)n1.Cc1cc(C)n(C)n1.Cc1cc(C)on1. The molecule has 0 radical (unpaired) electrons. The summed E-state index contributed by atoms with van der Waals surface area (Å²) >= 11 is 0. The zero-order valence-electron chi connectivity index (χ0n) is 15.4. The minimum Gasteiger partial charge on any atom is -0.361 e. The minimum absolute atomic E-state index is 0.